The molecular formula is C16H13Cl2FO. The fraction of sp³-hybridized carbons (Fsp3) is 0.188. The van der Waals surface area contributed by atoms with Gasteiger partial charge in [0.25, 0.3) is 0 Å². The van der Waals surface area contributed by atoms with E-state index in [1.54, 1.807) is 44.2 Å². The summed E-state index contributed by atoms with van der Waals surface area (Å²) in [7, 11) is 0. The summed E-state index contributed by atoms with van der Waals surface area (Å²) in [4.78, 5) is 12.7. The molecule has 2 aromatic rings. The van der Waals surface area contributed by atoms with E-state index in [4.69, 9.17) is 23.2 Å². The fourth-order valence-corrected chi connectivity index (χ4v) is 2.38. The van der Waals surface area contributed by atoms with E-state index >= 15 is 0 Å². The molecule has 0 aliphatic carbocycles. The first-order valence-corrected chi connectivity index (χ1v) is 6.84. The van der Waals surface area contributed by atoms with E-state index in [1.807, 2.05) is 0 Å². The van der Waals surface area contributed by atoms with Gasteiger partial charge in [0.15, 0.2) is 5.78 Å². The topological polar surface area (TPSA) is 17.1 Å². The van der Waals surface area contributed by atoms with Gasteiger partial charge >= 0.3 is 0 Å². The third-order valence-electron chi connectivity index (χ3n) is 3.31. The minimum absolute atomic E-state index is 0.156. The van der Waals surface area contributed by atoms with Crippen LogP contribution in [-0.4, -0.2) is 5.78 Å². The van der Waals surface area contributed by atoms with Crippen molar-refractivity contribution in [1.29, 1.82) is 0 Å². The van der Waals surface area contributed by atoms with E-state index < -0.39 is 5.41 Å². The van der Waals surface area contributed by atoms with Gasteiger partial charge in [-0.05, 0) is 49.7 Å². The number of ketones is 1. The third-order valence-corrected chi connectivity index (χ3v) is 3.87. The molecule has 0 fully saturated rings. The lowest BCUT2D eigenvalue weighted by Crippen LogP contribution is -2.29. The predicted molar refractivity (Wildman–Crippen MR) is 80.2 cm³/mol. The van der Waals surface area contributed by atoms with Crippen LogP contribution in [0.15, 0.2) is 42.5 Å². The number of carbonyl (C=O) groups excluding carboxylic acids is 1. The smallest absolute Gasteiger partial charge is 0.174 e. The van der Waals surface area contributed by atoms with Crippen molar-refractivity contribution in [3.8, 4) is 0 Å². The monoisotopic (exact) mass is 310 g/mol. The number of rotatable bonds is 3. The first-order chi connectivity index (χ1) is 9.32. The maximum Gasteiger partial charge on any atom is 0.174 e. The molecule has 2 rings (SSSR count). The van der Waals surface area contributed by atoms with Crippen LogP contribution in [0.3, 0.4) is 0 Å². The number of halogens is 3. The Morgan fingerprint density at radius 2 is 1.65 bits per heavy atom. The van der Waals surface area contributed by atoms with Gasteiger partial charge in [-0.3, -0.25) is 4.79 Å². The van der Waals surface area contributed by atoms with Crippen LogP contribution in [0.5, 0.6) is 0 Å². The van der Waals surface area contributed by atoms with Crippen LogP contribution >= 0.6 is 23.2 Å². The SMILES string of the molecule is CC(C)(C(=O)c1cc(Cl)ccc1Cl)c1ccc(F)cc1. The van der Waals surface area contributed by atoms with E-state index in [0.29, 0.717) is 15.6 Å². The molecule has 0 saturated carbocycles. The van der Waals surface area contributed by atoms with Crippen molar-refractivity contribution in [2.24, 2.45) is 0 Å². The lowest BCUT2D eigenvalue weighted by Gasteiger charge is -2.24. The second kappa shape index (κ2) is 5.55. The van der Waals surface area contributed by atoms with Gasteiger partial charge in [-0.25, -0.2) is 4.39 Å². The van der Waals surface area contributed by atoms with Gasteiger partial charge in [-0.2, -0.15) is 0 Å². The van der Waals surface area contributed by atoms with Crippen molar-refractivity contribution < 1.29 is 9.18 Å². The molecular weight excluding hydrogens is 298 g/mol. The van der Waals surface area contributed by atoms with Crippen molar-refractivity contribution in [2.45, 2.75) is 19.3 Å². The molecule has 1 nitrogen and oxygen atoms in total. The van der Waals surface area contributed by atoms with Crippen molar-refractivity contribution in [3.63, 3.8) is 0 Å². The molecule has 0 heterocycles. The Labute approximate surface area is 127 Å². The number of carbonyl (C=O) groups is 1. The van der Waals surface area contributed by atoms with Crippen LogP contribution < -0.4 is 0 Å². The van der Waals surface area contributed by atoms with Gasteiger partial charge < -0.3 is 0 Å². The summed E-state index contributed by atoms with van der Waals surface area (Å²) in [5.41, 5.74) is 0.274. The summed E-state index contributed by atoms with van der Waals surface area (Å²) in [5, 5.41) is 0.808. The first-order valence-electron chi connectivity index (χ1n) is 6.08. The maximum atomic E-state index is 13.0. The van der Waals surface area contributed by atoms with Crippen LogP contribution in [0.2, 0.25) is 10.0 Å². The van der Waals surface area contributed by atoms with Crippen LogP contribution in [0, 0.1) is 5.82 Å². The fourth-order valence-electron chi connectivity index (χ4n) is 2.01. The van der Waals surface area contributed by atoms with Crippen LogP contribution in [0.25, 0.3) is 0 Å². The van der Waals surface area contributed by atoms with Crippen LogP contribution in [0.4, 0.5) is 4.39 Å². The van der Waals surface area contributed by atoms with Crippen molar-refractivity contribution in [1.82, 2.24) is 0 Å². The lowest BCUT2D eigenvalue weighted by atomic mass is 9.78. The highest BCUT2D eigenvalue weighted by Crippen LogP contribution is 2.31. The lowest BCUT2D eigenvalue weighted by molar-refractivity contribution is 0.0909. The summed E-state index contributed by atoms with van der Waals surface area (Å²) in [6.07, 6.45) is 0. The Hall–Kier alpha value is -1.38. The van der Waals surface area contributed by atoms with E-state index in [1.165, 1.54) is 12.1 Å². The summed E-state index contributed by atoms with van der Waals surface area (Å²) < 4.78 is 13.0. The van der Waals surface area contributed by atoms with E-state index in [9.17, 15) is 9.18 Å². The Morgan fingerprint density at radius 1 is 1.05 bits per heavy atom. The molecule has 0 aromatic heterocycles. The Bertz CT molecular complexity index is 648. The Kier molecular flexibility index (Phi) is 4.17. The molecule has 4 heteroatoms. The standard InChI is InChI=1S/C16H13Cl2FO/c1-16(2,10-3-6-12(19)7-4-10)15(20)13-9-11(17)5-8-14(13)18/h3-9H,1-2H3. The molecule has 0 unspecified atom stereocenters. The largest absolute Gasteiger partial charge is 0.293 e. The molecule has 0 aliphatic rings. The average molecular weight is 311 g/mol. The van der Waals surface area contributed by atoms with Crippen molar-refractivity contribution >= 4 is 29.0 Å². The Balaban J connectivity index is 2.45. The summed E-state index contributed by atoms with van der Waals surface area (Å²) in [5.74, 6) is -0.491. The molecule has 20 heavy (non-hydrogen) atoms. The van der Waals surface area contributed by atoms with E-state index in [-0.39, 0.29) is 11.6 Å². The molecule has 2 aromatic carbocycles. The second-order valence-electron chi connectivity index (χ2n) is 5.09. The van der Waals surface area contributed by atoms with Gasteiger partial charge in [-0.1, -0.05) is 35.3 Å². The highest BCUT2D eigenvalue weighted by atomic mass is 35.5. The molecule has 0 bridgehead atoms. The average Bonchev–Trinajstić information content (AvgIpc) is 2.41. The first kappa shape index (κ1) is 15.0. The highest BCUT2D eigenvalue weighted by molar-refractivity contribution is 6.36. The molecule has 0 amide bonds. The van der Waals surface area contributed by atoms with Crippen LogP contribution in [-0.2, 0) is 5.41 Å². The summed E-state index contributed by atoms with van der Waals surface area (Å²) in [6.45, 7) is 3.56. The van der Waals surface area contributed by atoms with E-state index in [2.05, 4.69) is 0 Å². The predicted octanol–water partition coefficient (Wildman–Crippen LogP) is 5.29. The zero-order chi connectivity index (χ0) is 14.9. The van der Waals surface area contributed by atoms with Crippen molar-refractivity contribution in [3.05, 3.63) is 69.5 Å². The third kappa shape index (κ3) is 2.87. The van der Waals surface area contributed by atoms with Crippen LogP contribution in [0.1, 0.15) is 29.8 Å². The number of hydrogen-bond acceptors (Lipinski definition) is 1. The normalized spacial score (nSPS) is 11.4. The second-order valence-corrected chi connectivity index (χ2v) is 5.93. The van der Waals surface area contributed by atoms with Gasteiger partial charge in [0, 0.05) is 10.6 Å². The molecule has 0 N–H and O–H groups in total. The Morgan fingerprint density at radius 3 is 2.25 bits per heavy atom. The number of Topliss-reactive ketones (excluding diaryl/α,β-unsaturated/α-hetero) is 1. The van der Waals surface area contributed by atoms with Gasteiger partial charge in [0.1, 0.15) is 5.82 Å². The maximum absolute atomic E-state index is 13.0. The minimum Gasteiger partial charge on any atom is -0.293 e. The van der Waals surface area contributed by atoms with E-state index in [0.717, 1.165) is 5.56 Å². The molecule has 0 radical (unpaired) electrons. The number of hydrogen-bond donors (Lipinski definition) is 0. The minimum atomic E-state index is -0.817. The quantitative estimate of drug-likeness (QED) is 0.704. The number of benzene rings is 2. The zero-order valence-electron chi connectivity index (χ0n) is 11.1. The molecule has 0 spiro atoms. The zero-order valence-corrected chi connectivity index (χ0v) is 12.6. The molecule has 0 atom stereocenters. The van der Waals surface area contributed by atoms with Gasteiger partial charge in [-0.15, -0.1) is 0 Å². The van der Waals surface area contributed by atoms with Gasteiger partial charge in [0.05, 0.1) is 10.4 Å². The van der Waals surface area contributed by atoms with Crippen molar-refractivity contribution in [2.75, 3.05) is 0 Å². The summed E-state index contributed by atoms with van der Waals surface area (Å²) >= 11 is 12.0. The molecule has 104 valence electrons. The highest BCUT2D eigenvalue weighted by Gasteiger charge is 2.32. The molecule has 0 aliphatic heterocycles. The van der Waals surface area contributed by atoms with Gasteiger partial charge in [0.2, 0.25) is 0 Å². The summed E-state index contributed by atoms with van der Waals surface area (Å²) in [6, 6.07) is 10.7. The molecule has 0 saturated heterocycles.